The van der Waals surface area contributed by atoms with E-state index in [2.05, 4.69) is 10.2 Å². The number of nitrogens with zero attached hydrogens (tertiary/aromatic N) is 4. The highest BCUT2D eigenvalue weighted by atomic mass is 16.6. The van der Waals surface area contributed by atoms with Gasteiger partial charge >= 0.3 is 0 Å². The monoisotopic (exact) mass is 416 g/mol. The maximum Gasteiger partial charge on any atom is 0.273 e. The van der Waals surface area contributed by atoms with Crippen molar-refractivity contribution in [2.24, 2.45) is 10.2 Å². The van der Waals surface area contributed by atoms with Gasteiger partial charge in [-0.2, -0.15) is 0 Å². The van der Waals surface area contributed by atoms with E-state index < -0.39 is 4.92 Å². The van der Waals surface area contributed by atoms with Gasteiger partial charge in [0.05, 0.1) is 37.4 Å². The predicted molar refractivity (Wildman–Crippen MR) is 111 cm³/mol. The molecule has 0 fully saturated rings. The van der Waals surface area contributed by atoms with Crippen LogP contribution in [0.2, 0.25) is 0 Å². The summed E-state index contributed by atoms with van der Waals surface area (Å²) in [5, 5.41) is 19.6. The number of anilines is 1. The molecule has 0 unspecified atom stereocenters. The van der Waals surface area contributed by atoms with Gasteiger partial charge in [0.25, 0.3) is 5.69 Å². The number of rotatable bonds is 2. The molecule has 0 N–H and O–H groups in total. The number of nitro benzene ring substituents is 1. The molecule has 2 aromatic carbocycles. The summed E-state index contributed by atoms with van der Waals surface area (Å²) in [6.07, 6.45) is 0. The van der Waals surface area contributed by atoms with Crippen molar-refractivity contribution >= 4 is 22.7 Å². The summed E-state index contributed by atoms with van der Waals surface area (Å²) in [5.74, 6) is 0.813. The van der Waals surface area contributed by atoms with Crippen LogP contribution in [0.3, 0.4) is 0 Å². The molecule has 0 amide bonds. The Hall–Kier alpha value is -3.24. The molecule has 10 nitrogen and oxygen atoms in total. The molecular weight excluding hydrogens is 392 g/mol. The molecule has 1 aliphatic heterocycles. The van der Waals surface area contributed by atoms with Crippen LogP contribution in [0.5, 0.6) is 11.5 Å². The van der Waals surface area contributed by atoms with Crippen LogP contribution in [0.4, 0.5) is 22.7 Å². The zero-order valence-electron chi connectivity index (χ0n) is 16.9. The number of ether oxygens (including phenoxy) is 4. The van der Waals surface area contributed by atoms with E-state index in [1.165, 1.54) is 18.2 Å². The molecular formula is C20H24N4O6. The first-order chi connectivity index (χ1) is 14.5. The minimum Gasteiger partial charge on any atom is -0.489 e. The normalized spacial score (nSPS) is 15.3. The van der Waals surface area contributed by atoms with Crippen LogP contribution in [0.25, 0.3) is 0 Å². The Balaban J connectivity index is 1.94. The largest absolute Gasteiger partial charge is 0.489 e. The summed E-state index contributed by atoms with van der Waals surface area (Å²) in [6, 6.07) is 9.77. The highest BCUT2D eigenvalue weighted by molar-refractivity contribution is 5.62. The van der Waals surface area contributed by atoms with E-state index in [1.807, 2.05) is 31.1 Å². The first kappa shape index (κ1) is 21.5. The SMILES string of the molecule is CN(C)c1ccc2c(c1)OCCOCCOCCOc1cc([N+](=O)[O-])ccc1N=N2. The first-order valence-corrected chi connectivity index (χ1v) is 9.47. The Morgan fingerprint density at radius 2 is 1.37 bits per heavy atom. The number of benzene rings is 2. The molecule has 10 heteroatoms. The van der Waals surface area contributed by atoms with Crippen molar-refractivity contribution < 1.29 is 23.9 Å². The van der Waals surface area contributed by atoms with Gasteiger partial charge in [-0.1, -0.05) is 0 Å². The van der Waals surface area contributed by atoms with Crippen molar-refractivity contribution in [1.82, 2.24) is 0 Å². The maximum absolute atomic E-state index is 11.1. The van der Waals surface area contributed by atoms with Gasteiger partial charge in [-0.3, -0.25) is 10.1 Å². The molecule has 0 spiro atoms. The quantitative estimate of drug-likeness (QED) is 0.540. The van der Waals surface area contributed by atoms with E-state index in [9.17, 15) is 10.1 Å². The summed E-state index contributed by atoms with van der Waals surface area (Å²) < 4.78 is 22.4. The van der Waals surface area contributed by atoms with Crippen molar-refractivity contribution in [3.05, 3.63) is 46.5 Å². The lowest BCUT2D eigenvalue weighted by molar-refractivity contribution is -0.384. The van der Waals surface area contributed by atoms with Crippen molar-refractivity contribution in [2.45, 2.75) is 0 Å². The fourth-order valence-electron chi connectivity index (χ4n) is 2.64. The summed E-state index contributed by atoms with van der Waals surface area (Å²) >= 11 is 0. The van der Waals surface area contributed by atoms with Gasteiger partial charge in [0.15, 0.2) is 5.75 Å². The third-order valence-electron chi connectivity index (χ3n) is 4.22. The minimum absolute atomic E-state index is 0.0907. The molecule has 160 valence electrons. The predicted octanol–water partition coefficient (Wildman–Crippen LogP) is 3.88. The highest BCUT2D eigenvalue weighted by Gasteiger charge is 2.13. The lowest BCUT2D eigenvalue weighted by Crippen LogP contribution is -2.14. The molecule has 3 rings (SSSR count). The van der Waals surface area contributed by atoms with Gasteiger partial charge in [0.2, 0.25) is 0 Å². The van der Waals surface area contributed by atoms with E-state index in [0.717, 1.165) is 5.69 Å². The molecule has 0 saturated carbocycles. The smallest absolute Gasteiger partial charge is 0.273 e. The zero-order chi connectivity index (χ0) is 21.3. The van der Waals surface area contributed by atoms with Gasteiger partial charge in [0, 0.05) is 31.9 Å². The average Bonchev–Trinajstić information content (AvgIpc) is 2.73. The number of nitro groups is 1. The van der Waals surface area contributed by atoms with Gasteiger partial charge in [-0.15, -0.1) is 10.2 Å². The van der Waals surface area contributed by atoms with Crippen LogP contribution in [-0.4, -0.2) is 58.7 Å². The van der Waals surface area contributed by atoms with Crippen molar-refractivity contribution in [1.29, 1.82) is 0 Å². The third-order valence-corrected chi connectivity index (χ3v) is 4.22. The second kappa shape index (κ2) is 10.5. The second-order valence-corrected chi connectivity index (χ2v) is 6.58. The number of hydrogen-bond acceptors (Lipinski definition) is 9. The van der Waals surface area contributed by atoms with Crippen LogP contribution in [0.1, 0.15) is 0 Å². The molecule has 0 aliphatic carbocycles. The van der Waals surface area contributed by atoms with E-state index in [1.54, 1.807) is 6.07 Å². The fraction of sp³-hybridized carbons (Fsp3) is 0.400. The average molecular weight is 416 g/mol. The standard InChI is InChI=1S/C20H24N4O6/c1-23(2)15-3-5-17-19(13-15)29-11-9-27-7-8-28-10-12-30-20-14-16(24(25)26)4-6-18(20)22-21-17/h3-6,13-14H,7-12H2,1-2H3. The lowest BCUT2D eigenvalue weighted by Gasteiger charge is -2.16. The van der Waals surface area contributed by atoms with Gasteiger partial charge in [0.1, 0.15) is 30.3 Å². The highest BCUT2D eigenvalue weighted by Crippen LogP contribution is 2.36. The Kier molecular flexibility index (Phi) is 7.52. The lowest BCUT2D eigenvalue weighted by atomic mass is 10.2. The van der Waals surface area contributed by atoms with Crippen molar-refractivity contribution in [3.63, 3.8) is 0 Å². The number of non-ortho nitro benzene ring substituents is 1. The Morgan fingerprint density at radius 3 is 1.93 bits per heavy atom. The second-order valence-electron chi connectivity index (χ2n) is 6.58. The summed E-state index contributed by atoms with van der Waals surface area (Å²) in [7, 11) is 3.87. The van der Waals surface area contributed by atoms with Crippen LogP contribution < -0.4 is 14.4 Å². The molecule has 1 heterocycles. The van der Waals surface area contributed by atoms with Crippen LogP contribution >= 0.6 is 0 Å². The van der Waals surface area contributed by atoms with Crippen LogP contribution in [-0.2, 0) is 9.47 Å². The Bertz CT molecular complexity index is 903. The van der Waals surface area contributed by atoms with Crippen LogP contribution in [0, 0.1) is 10.1 Å². The summed E-state index contributed by atoms with van der Waals surface area (Å²) in [5.41, 5.74) is 1.76. The van der Waals surface area contributed by atoms with Crippen molar-refractivity contribution in [3.8, 4) is 11.5 Å². The van der Waals surface area contributed by atoms with Gasteiger partial charge in [-0.05, 0) is 18.2 Å². The van der Waals surface area contributed by atoms with E-state index in [4.69, 9.17) is 18.9 Å². The fourth-order valence-corrected chi connectivity index (χ4v) is 2.64. The van der Waals surface area contributed by atoms with Crippen molar-refractivity contribution in [2.75, 3.05) is 58.6 Å². The molecule has 0 bridgehead atoms. The molecule has 1 aliphatic rings. The number of fused-ring (bicyclic) bond motifs is 2. The Labute approximate surface area is 174 Å². The molecule has 0 saturated heterocycles. The Morgan fingerprint density at radius 1 is 0.833 bits per heavy atom. The summed E-state index contributed by atoms with van der Waals surface area (Å²) in [6.45, 7) is 2.13. The van der Waals surface area contributed by atoms with Gasteiger partial charge in [-0.25, -0.2) is 0 Å². The molecule has 2 aromatic rings. The summed E-state index contributed by atoms with van der Waals surface area (Å²) in [4.78, 5) is 12.6. The molecule has 30 heavy (non-hydrogen) atoms. The molecule has 0 aromatic heterocycles. The zero-order valence-corrected chi connectivity index (χ0v) is 16.9. The molecule has 0 atom stereocenters. The molecule has 0 radical (unpaired) electrons. The van der Waals surface area contributed by atoms with E-state index in [-0.39, 0.29) is 18.0 Å². The minimum atomic E-state index is -0.487. The van der Waals surface area contributed by atoms with E-state index in [0.29, 0.717) is 50.2 Å². The topological polar surface area (TPSA) is 108 Å². The van der Waals surface area contributed by atoms with E-state index >= 15 is 0 Å². The van der Waals surface area contributed by atoms with Crippen LogP contribution in [0.15, 0.2) is 46.6 Å². The third kappa shape index (κ3) is 5.88. The number of hydrogen-bond donors (Lipinski definition) is 0. The maximum atomic E-state index is 11.1. The first-order valence-electron chi connectivity index (χ1n) is 9.47. The number of azo groups is 1. The van der Waals surface area contributed by atoms with Gasteiger partial charge < -0.3 is 23.8 Å².